The van der Waals surface area contributed by atoms with Crippen molar-refractivity contribution in [2.24, 2.45) is 0 Å². The van der Waals surface area contributed by atoms with E-state index in [0.29, 0.717) is 16.5 Å². The SMILES string of the molecule is O=C(CNC(=O)c1csc(-c2ccco2)n1)NCc1ccco1. The fraction of sp³-hybridized carbons (Fsp3) is 0.133. The van der Waals surface area contributed by atoms with E-state index < -0.39 is 5.91 Å². The van der Waals surface area contributed by atoms with Crippen molar-refractivity contribution < 1.29 is 18.4 Å². The van der Waals surface area contributed by atoms with Crippen LogP contribution in [0, 0.1) is 0 Å². The van der Waals surface area contributed by atoms with Gasteiger partial charge in [0.1, 0.15) is 11.5 Å². The molecule has 3 heterocycles. The normalized spacial score (nSPS) is 10.4. The van der Waals surface area contributed by atoms with Crippen LogP contribution < -0.4 is 10.6 Å². The summed E-state index contributed by atoms with van der Waals surface area (Å²) in [5, 5.41) is 7.39. The topological polar surface area (TPSA) is 97.4 Å². The predicted octanol–water partition coefficient (Wildman–Crippen LogP) is 2.04. The number of thiazole rings is 1. The standard InChI is InChI=1S/C15H13N3O4S/c19-13(16-7-10-3-1-5-21-10)8-17-14(20)11-9-23-15(18-11)12-4-2-6-22-12/h1-6,9H,7-8H2,(H,16,19)(H,17,20). The van der Waals surface area contributed by atoms with Crippen molar-refractivity contribution in [3.05, 3.63) is 53.6 Å². The fourth-order valence-corrected chi connectivity index (χ4v) is 2.57. The Morgan fingerprint density at radius 2 is 1.96 bits per heavy atom. The smallest absolute Gasteiger partial charge is 0.271 e. The van der Waals surface area contributed by atoms with Crippen LogP contribution in [0.3, 0.4) is 0 Å². The van der Waals surface area contributed by atoms with Gasteiger partial charge in [0.15, 0.2) is 10.8 Å². The molecule has 7 nitrogen and oxygen atoms in total. The highest BCUT2D eigenvalue weighted by atomic mass is 32.1. The number of rotatable bonds is 6. The van der Waals surface area contributed by atoms with Crippen LogP contribution in [0.4, 0.5) is 0 Å². The summed E-state index contributed by atoms with van der Waals surface area (Å²) >= 11 is 1.30. The van der Waals surface area contributed by atoms with E-state index in [9.17, 15) is 9.59 Å². The van der Waals surface area contributed by atoms with E-state index in [1.807, 2.05) is 0 Å². The predicted molar refractivity (Wildman–Crippen MR) is 82.7 cm³/mol. The largest absolute Gasteiger partial charge is 0.467 e. The van der Waals surface area contributed by atoms with Crippen molar-refractivity contribution in [2.45, 2.75) is 6.54 Å². The average Bonchev–Trinajstić information content (AvgIpc) is 3.31. The molecule has 3 rings (SSSR count). The molecule has 0 aliphatic rings. The summed E-state index contributed by atoms with van der Waals surface area (Å²) in [6.07, 6.45) is 3.07. The van der Waals surface area contributed by atoms with E-state index in [4.69, 9.17) is 8.83 Å². The number of amides is 2. The van der Waals surface area contributed by atoms with Crippen LogP contribution in [0.5, 0.6) is 0 Å². The maximum absolute atomic E-state index is 12.0. The number of carbonyl (C=O) groups is 2. The van der Waals surface area contributed by atoms with Gasteiger partial charge in [-0.1, -0.05) is 0 Å². The first-order valence-electron chi connectivity index (χ1n) is 6.79. The maximum Gasteiger partial charge on any atom is 0.271 e. The average molecular weight is 331 g/mol. The van der Waals surface area contributed by atoms with Crippen molar-refractivity contribution >= 4 is 23.2 Å². The molecule has 23 heavy (non-hydrogen) atoms. The summed E-state index contributed by atoms with van der Waals surface area (Å²) in [5.41, 5.74) is 0.250. The quantitative estimate of drug-likeness (QED) is 0.720. The van der Waals surface area contributed by atoms with Gasteiger partial charge >= 0.3 is 0 Å². The van der Waals surface area contributed by atoms with Crippen LogP contribution in [0.2, 0.25) is 0 Å². The molecule has 0 aliphatic heterocycles. The summed E-state index contributed by atoms with van der Waals surface area (Å²) in [7, 11) is 0. The first-order chi connectivity index (χ1) is 11.2. The lowest BCUT2D eigenvalue weighted by molar-refractivity contribution is -0.120. The second-order valence-electron chi connectivity index (χ2n) is 4.55. The highest BCUT2D eigenvalue weighted by molar-refractivity contribution is 7.13. The molecule has 2 N–H and O–H groups in total. The van der Waals surface area contributed by atoms with Crippen LogP contribution >= 0.6 is 11.3 Å². The summed E-state index contributed by atoms with van der Waals surface area (Å²) in [6.45, 7) is 0.147. The first-order valence-corrected chi connectivity index (χ1v) is 7.67. The van der Waals surface area contributed by atoms with Crippen molar-refractivity contribution in [1.82, 2.24) is 15.6 Å². The zero-order chi connectivity index (χ0) is 16.1. The number of hydrogen-bond donors (Lipinski definition) is 2. The monoisotopic (exact) mass is 331 g/mol. The molecule has 0 aromatic carbocycles. The minimum Gasteiger partial charge on any atom is -0.467 e. The highest BCUT2D eigenvalue weighted by Gasteiger charge is 2.14. The third-order valence-electron chi connectivity index (χ3n) is 2.92. The molecule has 0 fully saturated rings. The van der Waals surface area contributed by atoms with Gasteiger partial charge in [-0.2, -0.15) is 0 Å². The Labute approximate surface area is 135 Å². The van der Waals surface area contributed by atoms with Gasteiger partial charge in [0.2, 0.25) is 5.91 Å². The van der Waals surface area contributed by atoms with Gasteiger partial charge in [-0.25, -0.2) is 4.98 Å². The molecule has 3 aromatic rings. The number of nitrogens with zero attached hydrogens (tertiary/aromatic N) is 1. The number of aromatic nitrogens is 1. The molecule has 0 atom stereocenters. The molecular weight excluding hydrogens is 318 g/mol. The maximum atomic E-state index is 12.0. The second kappa shape index (κ2) is 6.93. The summed E-state index contributed by atoms with van der Waals surface area (Å²) < 4.78 is 10.3. The molecule has 0 radical (unpaired) electrons. The molecule has 0 bridgehead atoms. The lowest BCUT2D eigenvalue weighted by atomic mass is 10.4. The molecule has 0 spiro atoms. The summed E-state index contributed by atoms with van der Waals surface area (Å²) in [4.78, 5) is 27.8. The van der Waals surface area contributed by atoms with Crippen LogP contribution in [0.25, 0.3) is 10.8 Å². The Kier molecular flexibility index (Phi) is 4.53. The molecule has 0 saturated heterocycles. The fourth-order valence-electron chi connectivity index (χ4n) is 1.80. The van der Waals surface area contributed by atoms with Crippen LogP contribution in [0.15, 0.2) is 51.0 Å². The van der Waals surface area contributed by atoms with Gasteiger partial charge in [-0.15, -0.1) is 11.3 Å². The van der Waals surface area contributed by atoms with Crippen molar-refractivity contribution in [3.63, 3.8) is 0 Å². The van der Waals surface area contributed by atoms with Crippen LogP contribution in [-0.2, 0) is 11.3 Å². The van der Waals surface area contributed by atoms with Gasteiger partial charge in [-0.05, 0) is 24.3 Å². The number of furan rings is 2. The molecule has 3 aromatic heterocycles. The minimum atomic E-state index is -0.410. The third kappa shape index (κ3) is 3.86. The molecular formula is C15H13N3O4S. The minimum absolute atomic E-state index is 0.132. The van der Waals surface area contributed by atoms with E-state index in [-0.39, 0.29) is 24.7 Å². The zero-order valence-corrected chi connectivity index (χ0v) is 12.8. The van der Waals surface area contributed by atoms with Gasteiger partial charge in [0.05, 0.1) is 25.6 Å². The van der Waals surface area contributed by atoms with E-state index in [2.05, 4.69) is 15.6 Å². The Morgan fingerprint density at radius 3 is 2.70 bits per heavy atom. The van der Waals surface area contributed by atoms with E-state index in [1.54, 1.807) is 35.9 Å². The van der Waals surface area contributed by atoms with E-state index >= 15 is 0 Å². The summed E-state index contributed by atoms with van der Waals surface area (Å²) in [5.74, 6) is 0.529. The first kappa shape index (κ1) is 15.0. The Bertz CT molecular complexity index is 778. The van der Waals surface area contributed by atoms with Gasteiger partial charge in [0.25, 0.3) is 5.91 Å². The Balaban J connectivity index is 1.48. The van der Waals surface area contributed by atoms with Crippen molar-refractivity contribution in [3.8, 4) is 10.8 Å². The molecule has 2 amide bonds. The lowest BCUT2D eigenvalue weighted by Gasteiger charge is -2.04. The zero-order valence-electron chi connectivity index (χ0n) is 11.9. The summed E-state index contributed by atoms with van der Waals surface area (Å²) in [6, 6.07) is 7.01. The third-order valence-corrected chi connectivity index (χ3v) is 3.78. The second-order valence-corrected chi connectivity index (χ2v) is 5.41. The van der Waals surface area contributed by atoms with E-state index in [1.165, 1.54) is 17.6 Å². The molecule has 118 valence electrons. The molecule has 0 unspecified atom stereocenters. The Morgan fingerprint density at radius 1 is 1.13 bits per heavy atom. The van der Waals surface area contributed by atoms with Gasteiger partial charge in [0, 0.05) is 5.38 Å². The van der Waals surface area contributed by atoms with Gasteiger partial charge in [-0.3, -0.25) is 9.59 Å². The number of carbonyl (C=O) groups excluding carboxylic acids is 2. The lowest BCUT2D eigenvalue weighted by Crippen LogP contribution is -2.36. The van der Waals surface area contributed by atoms with Crippen molar-refractivity contribution in [1.29, 1.82) is 0 Å². The van der Waals surface area contributed by atoms with Gasteiger partial charge < -0.3 is 19.5 Å². The molecule has 0 aliphatic carbocycles. The van der Waals surface area contributed by atoms with Crippen LogP contribution in [0.1, 0.15) is 16.2 Å². The number of nitrogens with one attached hydrogen (secondary N) is 2. The Hall–Kier alpha value is -2.87. The molecule has 0 saturated carbocycles. The van der Waals surface area contributed by atoms with E-state index in [0.717, 1.165) is 0 Å². The number of hydrogen-bond acceptors (Lipinski definition) is 6. The molecule has 8 heteroatoms. The van der Waals surface area contributed by atoms with Crippen LogP contribution in [-0.4, -0.2) is 23.3 Å². The highest BCUT2D eigenvalue weighted by Crippen LogP contribution is 2.23. The van der Waals surface area contributed by atoms with Crippen molar-refractivity contribution in [2.75, 3.05) is 6.54 Å².